The lowest BCUT2D eigenvalue weighted by molar-refractivity contribution is -0.168. The smallest absolute Gasteiger partial charge is 0.313 e. The summed E-state index contributed by atoms with van der Waals surface area (Å²) in [6.07, 6.45) is 1.24. The molecule has 30 heavy (non-hydrogen) atoms. The van der Waals surface area contributed by atoms with Gasteiger partial charge in [-0.1, -0.05) is 62.4 Å². The molecule has 1 aliphatic carbocycles. The second-order valence-corrected chi connectivity index (χ2v) is 9.60. The molecule has 1 heterocycles. The Hall–Kier alpha value is -2.88. The van der Waals surface area contributed by atoms with E-state index in [4.69, 9.17) is 4.74 Å². The first-order valence-electron chi connectivity index (χ1n) is 10.7. The van der Waals surface area contributed by atoms with Crippen molar-refractivity contribution < 1.29 is 14.3 Å². The van der Waals surface area contributed by atoms with Crippen LogP contribution in [0.15, 0.2) is 54.6 Å². The van der Waals surface area contributed by atoms with Crippen molar-refractivity contribution in [3.05, 3.63) is 60.2 Å². The van der Waals surface area contributed by atoms with E-state index in [0.29, 0.717) is 12.8 Å². The highest BCUT2D eigenvalue weighted by Gasteiger charge is 2.75. The molecule has 1 saturated heterocycles. The van der Waals surface area contributed by atoms with Crippen LogP contribution in [0.4, 0.5) is 0 Å². The highest BCUT2D eigenvalue weighted by Crippen LogP contribution is 2.65. The summed E-state index contributed by atoms with van der Waals surface area (Å²) in [6.45, 7) is 7.92. The van der Waals surface area contributed by atoms with Gasteiger partial charge in [0.25, 0.3) is 5.91 Å². The fourth-order valence-corrected chi connectivity index (χ4v) is 5.65. The van der Waals surface area contributed by atoms with Crippen LogP contribution in [0.1, 0.15) is 52.1 Å². The number of hydrogen-bond acceptors (Lipinski definition) is 3. The van der Waals surface area contributed by atoms with Crippen LogP contribution in [0.5, 0.6) is 0 Å². The number of esters is 1. The van der Waals surface area contributed by atoms with Gasteiger partial charge in [-0.25, -0.2) is 0 Å². The lowest BCUT2D eigenvalue weighted by atomic mass is 9.66. The number of rotatable bonds is 3. The zero-order valence-corrected chi connectivity index (χ0v) is 17.9. The summed E-state index contributed by atoms with van der Waals surface area (Å²) in [5.74, 6) is -0.441. The normalized spacial score (nSPS) is 27.9. The first-order chi connectivity index (χ1) is 14.2. The van der Waals surface area contributed by atoms with Gasteiger partial charge in [-0.3, -0.25) is 9.59 Å². The van der Waals surface area contributed by atoms with Gasteiger partial charge in [0, 0.05) is 5.41 Å². The Kier molecular flexibility index (Phi) is 3.86. The lowest BCUT2D eigenvalue weighted by Gasteiger charge is -2.36. The van der Waals surface area contributed by atoms with Crippen molar-refractivity contribution in [2.24, 2.45) is 10.8 Å². The van der Waals surface area contributed by atoms with E-state index in [1.165, 1.54) is 0 Å². The summed E-state index contributed by atoms with van der Waals surface area (Å²) >= 11 is 0. The predicted octanol–water partition coefficient (Wildman–Crippen LogP) is 5.29. The number of ether oxygens (including phenoxy) is 1. The number of fused-ring (bicyclic) bond motifs is 4. The molecule has 3 aromatic carbocycles. The number of amides is 1. The van der Waals surface area contributed by atoms with Crippen LogP contribution in [-0.4, -0.2) is 17.5 Å². The van der Waals surface area contributed by atoms with Crippen LogP contribution in [-0.2, 0) is 14.3 Å². The summed E-state index contributed by atoms with van der Waals surface area (Å²) in [7, 11) is 0. The molecule has 2 aliphatic rings. The Morgan fingerprint density at radius 2 is 1.53 bits per heavy atom. The molecule has 5 rings (SSSR count). The average Bonchev–Trinajstić information content (AvgIpc) is 3.02. The molecule has 2 fully saturated rings. The van der Waals surface area contributed by atoms with Gasteiger partial charge in [0.1, 0.15) is 0 Å². The number of carbonyl (C=O) groups is 2. The highest BCUT2D eigenvalue weighted by atomic mass is 16.6. The van der Waals surface area contributed by atoms with Crippen molar-refractivity contribution in [2.45, 2.75) is 52.2 Å². The van der Waals surface area contributed by atoms with Crippen LogP contribution >= 0.6 is 0 Å². The Morgan fingerprint density at radius 3 is 2.03 bits per heavy atom. The fraction of sp³-hybridized carbons (Fsp3) is 0.385. The summed E-state index contributed by atoms with van der Waals surface area (Å²) in [5.41, 5.74) is -1.18. The second-order valence-electron chi connectivity index (χ2n) is 9.60. The van der Waals surface area contributed by atoms with Gasteiger partial charge < -0.3 is 10.1 Å². The molecule has 1 N–H and O–H groups in total. The minimum atomic E-state index is -1.10. The SMILES string of the molecule is C[C@@H](NC(=O)[C@@]12CC[C@@](C)(C(=O)O1)C2(C)C)c1c2ccccc2cc2ccccc12. The average molecular weight is 402 g/mol. The maximum Gasteiger partial charge on any atom is 0.313 e. The molecule has 3 aromatic rings. The Bertz CT molecular complexity index is 1160. The fourth-order valence-electron chi connectivity index (χ4n) is 5.65. The van der Waals surface area contributed by atoms with E-state index >= 15 is 0 Å². The van der Waals surface area contributed by atoms with E-state index in [1.54, 1.807) is 0 Å². The molecule has 154 valence electrons. The number of carbonyl (C=O) groups excluding carboxylic acids is 2. The van der Waals surface area contributed by atoms with Gasteiger partial charge in [0.05, 0.1) is 11.5 Å². The first-order valence-corrected chi connectivity index (χ1v) is 10.7. The third-order valence-electron chi connectivity index (χ3n) is 8.04. The van der Waals surface area contributed by atoms with Crippen molar-refractivity contribution >= 4 is 33.4 Å². The zero-order chi connectivity index (χ0) is 21.3. The maximum atomic E-state index is 13.6. The molecule has 0 aromatic heterocycles. The Balaban J connectivity index is 1.58. The Labute approximate surface area is 176 Å². The molecule has 4 nitrogen and oxygen atoms in total. The summed E-state index contributed by atoms with van der Waals surface area (Å²) in [5, 5.41) is 7.76. The largest absolute Gasteiger partial charge is 0.448 e. The van der Waals surface area contributed by atoms with E-state index < -0.39 is 16.4 Å². The topological polar surface area (TPSA) is 55.4 Å². The van der Waals surface area contributed by atoms with E-state index in [0.717, 1.165) is 27.1 Å². The van der Waals surface area contributed by atoms with Crippen molar-refractivity contribution in [1.29, 1.82) is 0 Å². The van der Waals surface area contributed by atoms with Crippen LogP contribution in [0.2, 0.25) is 0 Å². The minimum Gasteiger partial charge on any atom is -0.448 e. The predicted molar refractivity (Wildman–Crippen MR) is 118 cm³/mol. The molecule has 1 saturated carbocycles. The van der Waals surface area contributed by atoms with Gasteiger partial charge in [-0.2, -0.15) is 0 Å². The minimum absolute atomic E-state index is 0.188. The lowest BCUT2D eigenvalue weighted by Crippen LogP contribution is -2.53. The highest BCUT2D eigenvalue weighted by molar-refractivity contribution is 6.03. The number of nitrogens with one attached hydrogen (secondary N) is 1. The third kappa shape index (κ3) is 2.22. The van der Waals surface area contributed by atoms with Gasteiger partial charge >= 0.3 is 5.97 Å². The monoisotopic (exact) mass is 401 g/mol. The molecule has 3 atom stereocenters. The van der Waals surface area contributed by atoms with Crippen molar-refractivity contribution in [2.75, 3.05) is 0 Å². The maximum absolute atomic E-state index is 13.6. The van der Waals surface area contributed by atoms with Crippen LogP contribution < -0.4 is 5.32 Å². The molecule has 4 heteroatoms. The van der Waals surface area contributed by atoms with Crippen LogP contribution in [0.25, 0.3) is 21.5 Å². The van der Waals surface area contributed by atoms with Crippen LogP contribution in [0, 0.1) is 10.8 Å². The zero-order valence-electron chi connectivity index (χ0n) is 17.9. The van der Waals surface area contributed by atoms with Crippen LogP contribution in [0.3, 0.4) is 0 Å². The van der Waals surface area contributed by atoms with E-state index in [2.05, 4.69) is 35.6 Å². The molecule has 1 aliphatic heterocycles. The molecule has 1 amide bonds. The first kappa shape index (κ1) is 19.1. The number of hydrogen-bond donors (Lipinski definition) is 1. The van der Waals surface area contributed by atoms with E-state index in [1.807, 2.05) is 52.0 Å². The quantitative estimate of drug-likeness (QED) is 0.479. The second kappa shape index (κ2) is 6.07. The van der Waals surface area contributed by atoms with E-state index in [-0.39, 0.29) is 17.9 Å². The van der Waals surface area contributed by atoms with E-state index in [9.17, 15) is 9.59 Å². The van der Waals surface area contributed by atoms with Gasteiger partial charge in [0.2, 0.25) is 0 Å². The molecular formula is C26H27NO3. The molecule has 2 bridgehead atoms. The van der Waals surface area contributed by atoms with Gasteiger partial charge in [-0.15, -0.1) is 0 Å². The van der Waals surface area contributed by atoms with Gasteiger partial charge in [0.15, 0.2) is 5.60 Å². The van der Waals surface area contributed by atoms with Crippen molar-refractivity contribution in [3.63, 3.8) is 0 Å². The van der Waals surface area contributed by atoms with Crippen molar-refractivity contribution in [3.8, 4) is 0 Å². The standard InChI is InChI=1S/C26H27NO3/c1-16(27-22(28)26-14-13-25(4,23(29)30-26)24(26,2)3)21-19-11-7-5-9-17(19)15-18-10-6-8-12-20(18)21/h5-12,15-16H,13-14H2,1-4H3,(H,27,28)/t16-,25+,26-/m1/s1. The summed E-state index contributed by atoms with van der Waals surface area (Å²) in [6, 6.07) is 18.5. The Morgan fingerprint density at radius 1 is 0.967 bits per heavy atom. The summed E-state index contributed by atoms with van der Waals surface area (Å²) < 4.78 is 5.79. The third-order valence-corrected chi connectivity index (χ3v) is 8.04. The summed E-state index contributed by atoms with van der Waals surface area (Å²) in [4.78, 5) is 26.2. The number of benzene rings is 3. The van der Waals surface area contributed by atoms with Gasteiger partial charge in [-0.05, 0) is 59.9 Å². The molecule has 0 spiro atoms. The van der Waals surface area contributed by atoms with Crippen molar-refractivity contribution in [1.82, 2.24) is 5.32 Å². The molecule has 0 radical (unpaired) electrons. The molecule has 0 unspecified atom stereocenters. The molecular weight excluding hydrogens is 374 g/mol.